The minimum atomic E-state index is -0.336. The summed E-state index contributed by atoms with van der Waals surface area (Å²) in [7, 11) is 0. The van der Waals surface area contributed by atoms with Gasteiger partial charge in [0.2, 0.25) is 0 Å². The number of pyridine rings is 1. The molecule has 5 aromatic rings. The van der Waals surface area contributed by atoms with Crippen LogP contribution in [0.5, 0.6) is 0 Å². The summed E-state index contributed by atoms with van der Waals surface area (Å²) in [4.78, 5) is 21.5. The van der Waals surface area contributed by atoms with E-state index in [1.807, 2.05) is 72.1 Å². The second-order valence-electron chi connectivity index (χ2n) is 6.76. The Balaban J connectivity index is 1.34. The van der Waals surface area contributed by atoms with Gasteiger partial charge in [0.05, 0.1) is 5.69 Å². The molecule has 150 valence electrons. The van der Waals surface area contributed by atoms with Crippen LogP contribution in [0.3, 0.4) is 0 Å². The number of carbonyl (C=O) groups excluding carboxylic acids is 1. The van der Waals surface area contributed by atoms with Crippen LogP contribution in [-0.2, 0) is 0 Å². The van der Waals surface area contributed by atoms with Crippen molar-refractivity contribution >= 4 is 22.9 Å². The first kappa shape index (κ1) is 18.9. The van der Waals surface area contributed by atoms with Gasteiger partial charge in [-0.3, -0.25) is 9.78 Å². The fraction of sp³-hybridized carbons (Fsp3) is 0. The normalized spacial score (nSPS) is 10.7. The molecule has 0 aliphatic carbocycles. The number of amides is 1. The number of rotatable bonds is 5. The minimum Gasteiger partial charge on any atom is -0.355 e. The molecule has 0 bridgehead atoms. The van der Waals surface area contributed by atoms with Gasteiger partial charge in [-0.2, -0.15) is 0 Å². The van der Waals surface area contributed by atoms with Gasteiger partial charge in [-0.15, -0.1) is 11.3 Å². The second kappa shape index (κ2) is 8.33. The van der Waals surface area contributed by atoms with Crippen LogP contribution in [0.15, 0.2) is 95.1 Å². The molecule has 1 amide bonds. The smallest absolute Gasteiger partial charge is 0.277 e. The molecule has 0 aliphatic heterocycles. The molecule has 0 saturated carbocycles. The lowest BCUT2D eigenvalue weighted by Gasteiger charge is -2.04. The molecule has 0 aliphatic rings. The van der Waals surface area contributed by atoms with Gasteiger partial charge in [-0.25, -0.2) is 4.98 Å². The van der Waals surface area contributed by atoms with Gasteiger partial charge in [0.15, 0.2) is 11.5 Å². The Kier molecular flexibility index (Phi) is 5.08. The van der Waals surface area contributed by atoms with Gasteiger partial charge in [-0.1, -0.05) is 47.6 Å². The van der Waals surface area contributed by atoms with Crippen molar-refractivity contribution in [3.8, 4) is 33.2 Å². The molecular weight excluding hydrogens is 408 g/mol. The Morgan fingerprint density at radius 3 is 2.58 bits per heavy atom. The van der Waals surface area contributed by atoms with Crippen LogP contribution in [-0.4, -0.2) is 21.0 Å². The van der Waals surface area contributed by atoms with E-state index in [0.717, 1.165) is 27.4 Å². The third kappa shape index (κ3) is 4.12. The van der Waals surface area contributed by atoms with E-state index in [9.17, 15) is 4.79 Å². The Morgan fingerprint density at radius 1 is 0.903 bits per heavy atom. The number of anilines is 1. The first-order valence-electron chi connectivity index (χ1n) is 9.56. The molecule has 6 nitrogen and oxygen atoms in total. The molecule has 0 spiro atoms. The lowest BCUT2D eigenvalue weighted by Crippen LogP contribution is -2.12. The van der Waals surface area contributed by atoms with Crippen molar-refractivity contribution < 1.29 is 9.32 Å². The number of benzene rings is 2. The predicted octanol–water partition coefficient (Wildman–Crippen LogP) is 5.78. The van der Waals surface area contributed by atoms with Crippen molar-refractivity contribution in [1.29, 1.82) is 0 Å². The highest BCUT2D eigenvalue weighted by molar-refractivity contribution is 7.13. The summed E-state index contributed by atoms with van der Waals surface area (Å²) in [5, 5.41) is 9.67. The molecule has 5 rings (SSSR count). The summed E-state index contributed by atoms with van der Waals surface area (Å²) in [5.74, 6) is 0.210. The summed E-state index contributed by atoms with van der Waals surface area (Å²) in [6.45, 7) is 0. The van der Waals surface area contributed by atoms with Crippen LogP contribution in [0.2, 0.25) is 0 Å². The third-order valence-corrected chi connectivity index (χ3v) is 5.52. The van der Waals surface area contributed by atoms with E-state index in [4.69, 9.17) is 9.51 Å². The van der Waals surface area contributed by atoms with Crippen molar-refractivity contribution in [2.75, 3.05) is 5.32 Å². The van der Waals surface area contributed by atoms with Gasteiger partial charge in [0.1, 0.15) is 5.01 Å². The lowest BCUT2D eigenvalue weighted by molar-refractivity contribution is 0.101. The van der Waals surface area contributed by atoms with Crippen molar-refractivity contribution in [2.24, 2.45) is 0 Å². The van der Waals surface area contributed by atoms with Crippen LogP contribution in [0, 0.1) is 0 Å². The Morgan fingerprint density at radius 2 is 1.74 bits per heavy atom. The van der Waals surface area contributed by atoms with Crippen molar-refractivity contribution in [3.05, 3.63) is 96.3 Å². The molecule has 3 aromatic heterocycles. The summed E-state index contributed by atoms with van der Waals surface area (Å²) in [6, 6.07) is 22.6. The summed E-state index contributed by atoms with van der Waals surface area (Å²) in [6.07, 6.45) is 3.53. The maximum absolute atomic E-state index is 12.6. The quantitative estimate of drug-likeness (QED) is 0.387. The Hall–Kier alpha value is -4.10. The molecule has 31 heavy (non-hydrogen) atoms. The van der Waals surface area contributed by atoms with E-state index in [1.54, 1.807) is 29.8 Å². The standard InChI is InChI=1S/C24H16N4O2S/c29-23(20-13-22(30-28-20)16-6-2-1-3-7-16)26-19-10-4-8-17(12-19)21-15-31-24(27-21)18-9-5-11-25-14-18/h1-15H,(H,26,29). The van der Waals surface area contributed by atoms with E-state index in [0.29, 0.717) is 11.4 Å². The number of carbonyl (C=O) groups is 1. The highest BCUT2D eigenvalue weighted by Gasteiger charge is 2.14. The first-order chi connectivity index (χ1) is 15.3. The largest absolute Gasteiger partial charge is 0.355 e. The van der Waals surface area contributed by atoms with Gasteiger partial charge >= 0.3 is 0 Å². The van der Waals surface area contributed by atoms with Crippen LogP contribution in [0.1, 0.15) is 10.5 Å². The van der Waals surface area contributed by atoms with E-state index >= 15 is 0 Å². The van der Waals surface area contributed by atoms with Gasteiger partial charge < -0.3 is 9.84 Å². The maximum Gasteiger partial charge on any atom is 0.277 e. The fourth-order valence-electron chi connectivity index (χ4n) is 3.10. The number of thiazole rings is 1. The SMILES string of the molecule is O=C(Nc1cccc(-c2csc(-c3cccnc3)n2)c1)c1cc(-c2ccccc2)on1. The molecule has 0 fully saturated rings. The lowest BCUT2D eigenvalue weighted by atomic mass is 10.1. The number of nitrogens with zero attached hydrogens (tertiary/aromatic N) is 3. The van der Waals surface area contributed by atoms with E-state index in [-0.39, 0.29) is 11.6 Å². The van der Waals surface area contributed by atoms with Gasteiger partial charge in [0.25, 0.3) is 5.91 Å². The molecule has 3 heterocycles. The zero-order valence-corrected chi connectivity index (χ0v) is 17.0. The van der Waals surface area contributed by atoms with Crippen molar-refractivity contribution in [1.82, 2.24) is 15.1 Å². The Labute approximate surface area is 182 Å². The van der Waals surface area contributed by atoms with E-state index < -0.39 is 0 Å². The highest BCUT2D eigenvalue weighted by Crippen LogP contribution is 2.29. The number of aromatic nitrogens is 3. The van der Waals surface area contributed by atoms with Crippen LogP contribution in [0.25, 0.3) is 33.2 Å². The molecule has 0 unspecified atom stereocenters. The topological polar surface area (TPSA) is 80.9 Å². The molecular formula is C24H16N4O2S. The third-order valence-electron chi connectivity index (χ3n) is 4.63. The van der Waals surface area contributed by atoms with Gasteiger partial charge in [0, 0.05) is 46.2 Å². The Bertz CT molecular complexity index is 1330. The average Bonchev–Trinajstić information content (AvgIpc) is 3.51. The molecule has 1 N–H and O–H groups in total. The van der Waals surface area contributed by atoms with Crippen molar-refractivity contribution in [3.63, 3.8) is 0 Å². The van der Waals surface area contributed by atoms with Crippen molar-refractivity contribution in [2.45, 2.75) is 0 Å². The summed E-state index contributed by atoms with van der Waals surface area (Å²) >= 11 is 1.55. The second-order valence-corrected chi connectivity index (χ2v) is 7.62. The van der Waals surface area contributed by atoms with Gasteiger partial charge in [-0.05, 0) is 24.3 Å². The van der Waals surface area contributed by atoms with E-state index in [2.05, 4.69) is 15.5 Å². The zero-order valence-electron chi connectivity index (χ0n) is 16.2. The van der Waals surface area contributed by atoms with E-state index in [1.165, 1.54) is 0 Å². The maximum atomic E-state index is 12.6. The first-order valence-corrected chi connectivity index (χ1v) is 10.4. The van der Waals surface area contributed by atoms with Crippen LogP contribution in [0.4, 0.5) is 5.69 Å². The predicted molar refractivity (Wildman–Crippen MR) is 121 cm³/mol. The van der Waals surface area contributed by atoms with Crippen LogP contribution >= 0.6 is 11.3 Å². The molecule has 0 saturated heterocycles. The highest BCUT2D eigenvalue weighted by atomic mass is 32.1. The zero-order chi connectivity index (χ0) is 21.0. The van der Waals surface area contributed by atoms with Crippen LogP contribution < -0.4 is 5.32 Å². The molecule has 2 aromatic carbocycles. The molecule has 0 radical (unpaired) electrons. The monoisotopic (exact) mass is 424 g/mol. The summed E-state index contributed by atoms with van der Waals surface area (Å²) in [5.41, 5.74) is 4.47. The molecule has 7 heteroatoms. The summed E-state index contributed by atoms with van der Waals surface area (Å²) < 4.78 is 5.32. The average molecular weight is 424 g/mol. The minimum absolute atomic E-state index is 0.219. The molecule has 0 atom stereocenters. The number of hydrogen-bond acceptors (Lipinski definition) is 6. The fourth-order valence-corrected chi connectivity index (χ4v) is 3.92. The number of nitrogens with one attached hydrogen (secondary N) is 1. The number of hydrogen-bond donors (Lipinski definition) is 1.